The molecule has 0 aliphatic carbocycles. The summed E-state index contributed by atoms with van der Waals surface area (Å²) in [6.45, 7) is 0. The quantitative estimate of drug-likeness (QED) is 0.501. The molecule has 0 spiro atoms. The maximum atomic E-state index is 5.97. The average molecular weight is 264 g/mol. The zero-order chi connectivity index (χ0) is 13.9. The van der Waals surface area contributed by atoms with E-state index < -0.39 is 0 Å². The molecule has 4 nitrogen and oxygen atoms in total. The van der Waals surface area contributed by atoms with Gasteiger partial charge in [0.05, 0.1) is 6.04 Å². The number of nitrogens with one attached hydrogen (secondary N) is 1. The number of nitrogens with two attached hydrogens (primary N) is 2. The van der Waals surface area contributed by atoms with Gasteiger partial charge in [-0.1, -0.05) is 48.5 Å². The van der Waals surface area contributed by atoms with Crippen LogP contribution in [0.3, 0.4) is 0 Å². The molecule has 0 radical (unpaired) electrons. The number of rotatable bonds is 3. The fourth-order valence-corrected chi connectivity index (χ4v) is 2.52. The van der Waals surface area contributed by atoms with Crippen molar-refractivity contribution in [1.82, 2.24) is 10.4 Å². The summed E-state index contributed by atoms with van der Waals surface area (Å²) < 4.78 is 0. The van der Waals surface area contributed by atoms with Crippen LogP contribution in [0, 0.1) is 0 Å². The highest BCUT2D eigenvalue weighted by molar-refractivity contribution is 5.86. The molecule has 0 aliphatic rings. The molecule has 1 heterocycles. The molecule has 3 rings (SSSR count). The Kier molecular flexibility index (Phi) is 3.33. The van der Waals surface area contributed by atoms with E-state index in [1.54, 1.807) is 6.20 Å². The van der Waals surface area contributed by atoms with E-state index in [-0.39, 0.29) is 6.04 Å². The summed E-state index contributed by atoms with van der Waals surface area (Å²) in [4.78, 5) is 4.14. The summed E-state index contributed by atoms with van der Waals surface area (Å²) in [6, 6.07) is 18.0. The number of nitrogen functional groups attached to an aromatic ring is 1. The zero-order valence-electron chi connectivity index (χ0n) is 11.0. The number of anilines is 1. The predicted molar refractivity (Wildman–Crippen MR) is 81.8 cm³/mol. The lowest BCUT2D eigenvalue weighted by Crippen LogP contribution is -2.29. The van der Waals surface area contributed by atoms with Crippen molar-refractivity contribution >= 4 is 16.6 Å². The van der Waals surface area contributed by atoms with E-state index in [2.05, 4.69) is 34.7 Å². The highest BCUT2D eigenvalue weighted by Gasteiger charge is 2.17. The summed E-state index contributed by atoms with van der Waals surface area (Å²) in [7, 11) is 0. The number of hydrazine groups is 1. The molecular formula is C16H16N4. The molecule has 0 saturated carbocycles. The van der Waals surface area contributed by atoms with E-state index in [1.807, 2.05) is 30.3 Å². The standard InChI is InChI=1S/C16H16N4/c17-16-14(9-4-10-19-16)15(20-18)13-8-3-6-11-5-1-2-7-12(11)13/h1-10,15,20H,18H2,(H2,17,19). The maximum absolute atomic E-state index is 5.97. The number of benzene rings is 2. The lowest BCUT2D eigenvalue weighted by atomic mass is 9.94. The van der Waals surface area contributed by atoms with Crippen LogP contribution in [0.4, 0.5) is 5.82 Å². The second-order valence-electron chi connectivity index (χ2n) is 4.65. The van der Waals surface area contributed by atoms with Gasteiger partial charge in [0.2, 0.25) is 0 Å². The van der Waals surface area contributed by atoms with Gasteiger partial charge in [-0.3, -0.25) is 5.84 Å². The molecule has 0 bridgehead atoms. The molecule has 4 heteroatoms. The summed E-state index contributed by atoms with van der Waals surface area (Å²) >= 11 is 0. The van der Waals surface area contributed by atoms with Gasteiger partial charge >= 0.3 is 0 Å². The molecule has 0 aliphatic heterocycles. The largest absolute Gasteiger partial charge is 0.383 e. The molecule has 100 valence electrons. The summed E-state index contributed by atoms with van der Waals surface area (Å²) in [5.41, 5.74) is 10.8. The Bertz CT molecular complexity index is 734. The lowest BCUT2D eigenvalue weighted by Gasteiger charge is -2.19. The van der Waals surface area contributed by atoms with E-state index in [0.717, 1.165) is 16.5 Å². The first-order chi connectivity index (χ1) is 9.81. The fourth-order valence-electron chi connectivity index (χ4n) is 2.52. The minimum atomic E-state index is -0.185. The Hall–Kier alpha value is -2.43. The first-order valence-corrected chi connectivity index (χ1v) is 6.45. The van der Waals surface area contributed by atoms with Gasteiger partial charge < -0.3 is 5.73 Å². The third kappa shape index (κ3) is 2.11. The third-order valence-corrected chi connectivity index (χ3v) is 3.48. The van der Waals surface area contributed by atoms with Crippen LogP contribution in [-0.4, -0.2) is 4.98 Å². The van der Waals surface area contributed by atoms with E-state index >= 15 is 0 Å². The number of pyridine rings is 1. The maximum Gasteiger partial charge on any atom is 0.128 e. The van der Waals surface area contributed by atoms with Crippen molar-refractivity contribution < 1.29 is 0 Å². The Morgan fingerprint density at radius 2 is 1.65 bits per heavy atom. The van der Waals surface area contributed by atoms with Gasteiger partial charge in [0.1, 0.15) is 5.82 Å². The molecule has 0 saturated heterocycles. The Morgan fingerprint density at radius 3 is 2.45 bits per heavy atom. The normalized spacial score (nSPS) is 12.4. The third-order valence-electron chi connectivity index (χ3n) is 3.48. The molecule has 0 fully saturated rings. The van der Waals surface area contributed by atoms with Gasteiger partial charge in [0, 0.05) is 11.8 Å². The van der Waals surface area contributed by atoms with Crippen LogP contribution in [0.5, 0.6) is 0 Å². The van der Waals surface area contributed by atoms with Crippen LogP contribution in [0.2, 0.25) is 0 Å². The Balaban J connectivity index is 2.20. The van der Waals surface area contributed by atoms with E-state index in [1.165, 1.54) is 5.39 Å². The van der Waals surface area contributed by atoms with Gasteiger partial charge in [-0.25, -0.2) is 10.4 Å². The first kappa shape index (κ1) is 12.6. The van der Waals surface area contributed by atoms with Crippen LogP contribution in [0.15, 0.2) is 60.8 Å². The number of hydrogen-bond donors (Lipinski definition) is 3. The number of fused-ring (bicyclic) bond motifs is 1. The van der Waals surface area contributed by atoms with Crippen LogP contribution in [0.25, 0.3) is 10.8 Å². The molecular weight excluding hydrogens is 248 g/mol. The van der Waals surface area contributed by atoms with E-state index in [4.69, 9.17) is 11.6 Å². The van der Waals surface area contributed by atoms with Gasteiger partial charge in [-0.2, -0.15) is 0 Å². The van der Waals surface area contributed by atoms with Crippen LogP contribution in [-0.2, 0) is 0 Å². The van der Waals surface area contributed by atoms with Crippen LogP contribution < -0.4 is 17.0 Å². The minimum Gasteiger partial charge on any atom is -0.383 e. The molecule has 5 N–H and O–H groups in total. The van der Waals surface area contributed by atoms with Crippen molar-refractivity contribution in [3.63, 3.8) is 0 Å². The second kappa shape index (κ2) is 5.28. The van der Waals surface area contributed by atoms with Crippen LogP contribution in [0.1, 0.15) is 17.2 Å². The molecule has 1 atom stereocenters. The molecule has 0 amide bonds. The minimum absolute atomic E-state index is 0.185. The Labute approximate surface area is 117 Å². The van der Waals surface area contributed by atoms with Crippen molar-refractivity contribution in [3.05, 3.63) is 71.9 Å². The first-order valence-electron chi connectivity index (χ1n) is 6.45. The number of nitrogens with zero attached hydrogens (tertiary/aromatic N) is 1. The topological polar surface area (TPSA) is 77.0 Å². The van der Waals surface area contributed by atoms with Crippen molar-refractivity contribution in [2.24, 2.45) is 5.84 Å². The summed E-state index contributed by atoms with van der Waals surface area (Å²) in [5, 5.41) is 2.33. The smallest absolute Gasteiger partial charge is 0.128 e. The van der Waals surface area contributed by atoms with E-state index in [9.17, 15) is 0 Å². The van der Waals surface area contributed by atoms with Crippen molar-refractivity contribution in [2.45, 2.75) is 6.04 Å². The average Bonchev–Trinajstić information content (AvgIpc) is 2.50. The number of aromatic nitrogens is 1. The molecule has 1 aromatic heterocycles. The van der Waals surface area contributed by atoms with Gasteiger partial charge in [-0.15, -0.1) is 0 Å². The lowest BCUT2D eigenvalue weighted by molar-refractivity contribution is 0.641. The van der Waals surface area contributed by atoms with Gasteiger partial charge in [0.25, 0.3) is 0 Å². The summed E-state index contributed by atoms with van der Waals surface area (Å²) in [5.74, 6) is 6.25. The highest BCUT2D eigenvalue weighted by Crippen LogP contribution is 2.30. The second-order valence-corrected chi connectivity index (χ2v) is 4.65. The van der Waals surface area contributed by atoms with Gasteiger partial charge in [-0.05, 0) is 22.4 Å². The van der Waals surface area contributed by atoms with Gasteiger partial charge in [0.15, 0.2) is 0 Å². The zero-order valence-corrected chi connectivity index (χ0v) is 11.0. The van der Waals surface area contributed by atoms with Crippen molar-refractivity contribution in [3.8, 4) is 0 Å². The van der Waals surface area contributed by atoms with Crippen LogP contribution >= 0.6 is 0 Å². The molecule has 3 aromatic rings. The monoisotopic (exact) mass is 264 g/mol. The number of hydrogen-bond acceptors (Lipinski definition) is 4. The molecule has 20 heavy (non-hydrogen) atoms. The Morgan fingerprint density at radius 1 is 0.900 bits per heavy atom. The highest BCUT2D eigenvalue weighted by atomic mass is 15.2. The predicted octanol–water partition coefficient (Wildman–Crippen LogP) is 2.37. The van der Waals surface area contributed by atoms with Crippen molar-refractivity contribution in [1.29, 1.82) is 0 Å². The molecule has 1 unspecified atom stereocenters. The summed E-state index contributed by atoms with van der Waals surface area (Å²) in [6.07, 6.45) is 1.68. The SMILES string of the molecule is NNC(c1cccnc1N)c1cccc2ccccc12. The van der Waals surface area contributed by atoms with E-state index in [0.29, 0.717) is 5.82 Å². The molecule has 2 aromatic carbocycles. The fraction of sp³-hybridized carbons (Fsp3) is 0.0625. The van der Waals surface area contributed by atoms with Crippen molar-refractivity contribution in [2.75, 3.05) is 5.73 Å².